The topological polar surface area (TPSA) is 68.8 Å². The maximum absolute atomic E-state index is 11.8. The number of carbonyl (C=O) groups excluding carboxylic acids is 1. The Morgan fingerprint density at radius 2 is 2.00 bits per heavy atom. The van der Waals surface area contributed by atoms with Gasteiger partial charge in [-0.25, -0.2) is 4.99 Å². The van der Waals surface area contributed by atoms with E-state index in [1.54, 1.807) is 0 Å². The van der Waals surface area contributed by atoms with Crippen LogP contribution in [0.4, 0.5) is 5.69 Å². The third-order valence-corrected chi connectivity index (χ3v) is 5.05. The summed E-state index contributed by atoms with van der Waals surface area (Å²) in [6.07, 6.45) is 3.68. The number of piperidine rings is 1. The number of nitrogens with one attached hydrogen (secondary N) is 3. The summed E-state index contributed by atoms with van der Waals surface area (Å²) < 4.78 is 0. The Morgan fingerprint density at radius 3 is 2.64 bits per heavy atom. The first-order chi connectivity index (χ1) is 13.5. The molecule has 1 aromatic rings. The highest BCUT2D eigenvalue weighted by atomic mass is 16.1. The number of nitrogens with zero attached hydrogens (tertiary/aromatic N) is 2. The fourth-order valence-electron chi connectivity index (χ4n) is 3.44. The Balaban J connectivity index is 1.92. The Labute approximate surface area is 170 Å². The molecular weight excluding hydrogens is 350 g/mol. The van der Waals surface area contributed by atoms with Crippen LogP contribution in [0.3, 0.4) is 0 Å². The van der Waals surface area contributed by atoms with Crippen molar-refractivity contribution in [3.05, 3.63) is 29.8 Å². The lowest BCUT2D eigenvalue weighted by molar-refractivity contribution is -0.116. The van der Waals surface area contributed by atoms with Gasteiger partial charge in [0.2, 0.25) is 5.91 Å². The summed E-state index contributed by atoms with van der Waals surface area (Å²) >= 11 is 0. The van der Waals surface area contributed by atoms with E-state index in [0.29, 0.717) is 25.0 Å². The monoisotopic (exact) mass is 387 g/mol. The van der Waals surface area contributed by atoms with Crippen LogP contribution in [0.15, 0.2) is 29.3 Å². The summed E-state index contributed by atoms with van der Waals surface area (Å²) in [6, 6.07) is 9.02. The molecule has 0 aromatic heterocycles. The lowest BCUT2D eigenvalue weighted by Gasteiger charge is -2.35. The van der Waals surface area contributed by atoms with Crippen molar-refractivity contribution in [3.8, 4) is 0 Å². The molecular formula is C22H37N5O. The molecule has 156 valence electrons. The zero-order valence-electron chi connectivity index (χ0n) is 17.9. The molecule has 3 N–H and O–H groups in total. The second kappa shape index (κ2) is 11.7. The molecule has 1 heterocycles. The summed E-state index contributed by atoms with van der Waals surface area (Å²) in [5.74, 6) is 0.928. The van der Waals surface area contributed by atoms with Crippen LogP contribution in [0.5, 0.6) is 0 Å². The van der Waals surface area contributed by atoms with E-state index < -0.39 is 0 Å². The number of guanidine groups is 1. The smallest absolute Gasteiger partial charge is 0.224 e. The van der Waals surface area contributed by atoms with E-state index in [4.69, 9.17) is 4.99 Å². The number of carbonyl (C=O) groups is 1. The van der Waals surface area contributed by atoms with E-state index >= 15 is 0 Å². The average molecular weight is 388 g/mol. The van der Waals surface area contributed by atoms with Crippen LogP contribution in [0.25, 0.3) is 0 Å². The lowest BCUT2D eigenvalue weighted by Crippen LogP contribution is -2.49. The first kappa shape index (κ1) is 22.2. The van der Waals surface area contributed by atoms with Gasteiger partial charge in [0.05, 0.1) is 6.54 Å². The van der Waals surface area contributed by atoms with Crippen LogP contribution in [0, 0.1) is 0 Å². The number of amides is 1. The number of hydrogen-bond acceptors (Lipinski definition) is 3. The van der Waals surface area contributed by atoms with Gasteiger partial charge in [-0.1, -0.05) is 19.1 Å². The van der Waals surface area contributed by atoms with Crippen LogP contribution in [0.1, 0.15) is 58.9 Å². The van der Waals surface area contributed by atoms with E-state index in [2.05, 4.69) is 41.6 Å². The van der Waals surface area contributed by atoms with Crippen molar-refractivity contribution in [2.24, 2.45) is 4.99 Å². The minimum absolute atomic E-state index is 0.0610. The molecule has 1 saturated heterocycles. The molecule has 0 spiro atoms. The van der Waals surface area contributed by atoms with Crippen molar-refractivity contribution >= 4 is 17.6 Å². The van der Waals surface area contributed by atoms with Crippen molar-refractivity contribution in [1.82, 2.24) is 15.5 Å². The minimum atomic E-state index is 0.0610. The summed E-state index contributed by atoms with van der Waals surface area (Å²) in [6.45, 7) is 12.3. The quantitative estimate of drug-likeness (QED) is 0.473. The van der Waals surface area contributed by atoms with Gasteiger partial charge in [0.15, 0.2) is 5.96 Å². The molecule has 0 bridgehead atoms. The second-order valence-electron chi connectivity index (χ2n) is 7.74. The van der Waals surface area contributed by atoms with Crippen molar-refractivity contribution in [1.29, 1.82) is 0 Å². The fourth-order valence-corrected chi connectivity index (χ4v) is 3.44. The normalized spacial score (nSPS) is 16.2. The number of hydrogen-bond donors (Lipinski definition) is 3. The fraction of sp³-hybridized carbons (Fsp3) is 0.636. The van der Waals surface area contributed by atoms with E-state index in [9.17, 15) is 4.79 Å². The third-order valence-electron chi connectivity index (χ3n) is 5.05. The standard InChI is InChI=1S/C22H37N5O/c1-5-8-21(28)25-20-10-7-9-18(15-20)16-24-22(23-6-2)26-19-11-13-27(14-12-19)17(3)4/h7,9-10,15,17,19H,5-6,8,11-14,16H2,1-4H3,(H,25,28)(H2,23,24,26). The Bertz CT molecular complexity index is 636. The first-order valence-corrected chi connectivity index (χ1v) is 10.7. The minimum Gasteiger partial charge on any atom is -0.357 e. The zero-order chi connectivity index (χ0) is 20.4. The van der Waals surface area contributed by atoms with Gasteiger partial charge in [0.1, 0.15) is 0 Å². The maximum Gasteiger partial charge on any atom is 0.224 e. The Hall–Kier alpha value is -2.08. The molecule has 1 amide bonds. The number of benzene rings is 1. The molecule has 6 heteroatoms. The van der Waals surface area contributed by atoms with E-state index in [1.807, 2.05) is 31.2 Å². The van der Waals surface area contributed by atoms with Gasteiger partial charge in [0, 0.05) is 43.8 Å². The van der Waals surface area contributed by atoms with Crippen LogP contribution in [-0.4, -0.2) is 48.5 Å². The van der Waals surface area contributed by atoms with E-state index in [-0.39, 0.29) is 5.91 Å². The summed E-state index contributed by atoms with van der Waals surface area (Å²) in [4.78, 5) is 19.1. The largest absolute Gasteiger partial charge is 0.357 e. The van der Waals surface area contributed by atoms with Gasteiger partial charge < -0.3 is 20.9 Å². The van der Waals surface area contributed by atoms with Gasteiger partial charge in [-0.2, -0.15) is 0 Å². The predicted octanol–water partition coefficient (Wildman–Crippen LogP) is 3.35. The molecule has 0 atom stereocenters. The summed E-state index contributed by atoms with van der Waals surface area (Å²) in [7, 11) is 0. The number of likely N-dealkylation sites (tertiary alicyclic amines) is 1. The van der Waals surface area contributed by atoms with E-state index in [0.717, 1.165) is 56.1 Å². The molecule has 0 aliphatic carbocycles. The molecule has 1 aliphatic rings. The Morgan fingerprint density at radius 1 is 1.25 bits per heavy atom. The first-order valence-electron chi connectivity index (χ1n) is 10.7. The lowest BCUT2D eigenvalue weighted by atomic mass is 10.0. The molecule has 1 aromatic carbocycles. The van der Waals surface area contributed by atoms with Crippen molar-refractivity contribution < 1.29 is 4.79 Å². The van der Waals surface area contributed by atoms with Crippen molar-refractivity contribution in [2.75, 3.05) is 25.0 Å². The SMILES string of the molecule is CCCC(=O)Nc1cccc(CN=C(NCC)NC2CCN(C(C)C)CC2)c1. The molecule has 1 aliphatic heterocycles. The second-order valence-corrected chi connectivity index (χ2v) is 7.74. The molecule has 0 radical (unpaired) electrons. The highest BCUT2D eigenvalue weighted by Gasteiger charge is 2.21. The molecule has 6 nitrogen and oxygen atoms in total. The Kier molecular flexibility index (Phi) is 9.28. The summed E-state index contributed by atoms with van der Waals surface area (Å²) in [5, 5.41) is 9.90. The highest BCUT2D eigenvalue weighted by Crippen LogP contribution is 2.14. The third kappa shape index (κ3) is 7.50. The molecule has 28 heavy (non-hydrogen) atoms. The van der Waals surface area contributed by atoms with Crippen molar-refractivity contribution in [3.63, 3.8) is 0 Å². The van der Waals surface area contributed by atoms with E-state index in [1.165, 1.54) is 0 Å². The van der Waals surface area contributed by atoms with Gasteiger partial charge in [-0.05, 0) is 57.7 Å². The molecule has 2 rings (SSSR count). The van der Waals surface area contributed by atoms with Gasteiger partial charge >= 0.3 is 0 Å². The van der Waals surface area contributed by atoms with Crippen LogP contribution < -0.4 is 16.0 Å². The molecule has 1 fully saturated rings. The van der Waals surface area contributed by atoms with Gasteiger partial charge in [-0.15, -0.1) is 0 Å². The maximum atomic E-state index is 11.8. The van der Waals surface area contributed by atoms with Crippen LogP contribution in [-0.2, 0) is 11.3 Å². The molecule has 0 unspecified atom stereocenters. The average Bonchev–Trinajstić information content (AvgIpc) is 2.67. The summed E-state index contributed by atoms with van der Waals surface area (Å²) in [5.41, 5.74) is 1.92. The predicted molar refractivity (Wildman–Crippen MR) is 118 cm³/mol. The van der Waals surface area contributed by atoms with Gasteiger partial charge in [-0.3, -0.25) is 4.79 Å². The number of aliphatic imine (C=N–C) groups is 1. The van der Waals surface area contributed by atoms with Crippen molar-refractivity contribution in [2.45, 2.75) is 72.0 Å². The van der Waals surface area contributed by atoms with Crippen LogP contribution >= 0.6 is 0 Å². The van der Waals surface area contributed by atoms with Gasteiger partial charge in [0.25, 0.3) is 0 Å². The molecule has 0 saturated carbocycles. The zero-order valence-corrected chi connectivity index (χ0v) is 17.9. The number of rotatable bonds is 8. The highest BCUT2D eigenvalue weighted by molar-refractivity contribution is 5.90. The number of anilines is 1. The van der Waals surface area contributed by atoms with Crippen LogP contribution in [0.2, 0.25) is 0 Å².